The second-order valence-corrected chi connectivity index (χ2v) is 8.89. The number of anilines is 1. The molecular formula is C25H25ClN4O3. The van der Waals surface area contributed by atoms with Crippen LogP contribution >= 0.6 is 11.6 Å². The number of allylic oxidation sites excluding steroid dienone is 1. The van der Waals surface area contributed by atoms with Gasteiger partial charge in [0.15, 0.2) is 6.17 Å². The number of aliphatic carboxylic acids is 1. The van der Waals surface area contributed by atoms with Crippen LogP contribution in [-0.4, -0.2) is 48.1 Å². The van der Waals surface area contributed by atoms with Crippen LogP contribution in [0.2, 0.25) is 0 Å². The molecule has 33 heavy (non-hydrogen) atoms. The van der Waals surface area contributed by atoms with E-state index in [0.29, 0.717) is 22.4 Å². The summed E-state index contributed by atoms with van der Waals surface area (Å²) in [7, 11) is 0. The van der Waals surface area contributed by atoms with Gasteiger partial charge in [0.1, 0.15) is 5.75 Å². The number of nitrogens with zero attached hydrogens (tertiary/aromatic N) is 3. The van der Waals surface area contributed by atoms with Gasteiger partial charge in [-0.05, 0) is 55.7 Å². The molecule has 3 heterocycles. The fourth-order valence-electron chi connectivity index (χ4n) is 4.27. The summed E-state index contributed by atoms with van der Waals surface area (Å²) < 4.78 is 5.86. The molecule has 2 N–H and O–H groups in total. The highest BCUT2D eigenvalue weighted by Gasteiger charge is 2.33. The van der Waals surface area contributed by atoms with Crippen molar-refractivity contribution in [3.05, 3.63) is 70.8 Å². The number of amidine groups is 1. The van der Waals surface area contributed by atoms with Crippen molar-refractivity contribution in [2.75, 3.05) is 18.0 Å². The van der Waals surface area contributed by atoms with Crippen molar-refractivity contribution in [2.45, 2.75) is 37.9 Å². The highest BCUT2D eigenvalue weighted by Crippen LogP contribution is 2.28. The molecule has 2 aromatic carbocycles. The molecule has 1 saturated heterocycles. The van der Waals surface area contributed by atoms with E-state index in [-0.39, 0.29) is 12.2 Å². The third kappa shape index (κ3) is 4.46. The standard InChI is InChI=1S/C25H25ClN4O3/c1-15(24(31)32)16-6-10-19(11-7-16)33-25-27-21-14-20(26)22(28-23(21)29-25)17-4-8-18(9-5-17)30-12-2-3-13-30/h4-11,14-15,21,23H,2-3,12-13H2,1H3,(H,27,29)(H,31,32). The van der Waals surface area contributed by atoms with Crippen LogP contribution in [0.4, 0.5) is 5.69 Å². The summed E-state index contributed by atoms with van der Waals surface area (Å²) >= 11 is 6.57. The molecule has 3 unspecified atom stereocenters. The minimum atomic E-state index is -0.863. The second-order valence-electron chi connectivity index (χ2n) is 8.48. The zero-order chi connectivity index (χ0) is 22.9. The lowest BCUT2D eigenvalue weighted by Gasteiger charge is -2.21. The van der Waals surface area contributed by atoms with Crippen molar-refractivity contribution in [1.29, 1.82) is 0 Å². The molecule has 0 amide bonds. The third-order valence-corrected chi connectivity index (χ3v) is 6.56. The van der Waals surface area contributed by atoms with Crippen molar-refractivity contribution in [3.63, 3.8) is 0 Å². The van der Waals surface area contributed by atoms with Crippen LogP contribution < -0.4 is 15.0 Å². The molecule has 3 aliphatic rings. The van der Waals surface area contributed by atoms with Crippen LogP contribution in [0.15, 0.2) is 69.6 Å². The molecule has 0 bridgehead atoms. The number of aliphatic imine (C=N–C) groups is 2. The van der Waals surface area contributed by atoms with Crippen LogP contribution in [-0.2, 0) is 4.79 Å². The summed E-state index contributed by atoms with van der Waals surface area (Å²) in [6.45, 7) is 3.86. The molecule has 0 saturated carbocycles. The predicted octanol–water partition coefficient (Wildman–Crippen LogP) is 4.13. The van der Waals surface area contributed by atoms with Crippen LogP contribution in [0.3, 0.4) is 0 Å². The first kappa shape index (κ1) is 21.5. The molecular weight excluding hydrogens is 440 g/mol. The van der Waals surface area contributed by atoms with Gasteiger partial charge in [-0.2, -0.15) is 0 Å². The normalized spacial score (nSPS) is 22.6. The quantitative estimate of drug-likeness (QED) is 0.694. The Kier molecular flexibility index (Phi) is 5.81. The smallest absolute Gasteiger partial charge is 0.310 e. The maximum Gasteiger partial charge on any atom is 0.310 e. The van der Waals surface area contributed by atoms with E-state index in [1.165, 1.54) is 18.5 Å². The number of carboxylic acids is 1. The lowest BCUT2D eigenvalue weighted by molar-refractivity contribution is -0.138. The Morgan fingerprint density at radius 3 is 2.48 bits per heavy atom. The van der Waals surface area contributed by atoms with Gasteiger partial charge in [-0.15, -0.1) is 0 Å². The van der Waals surface area contributed by atoms with Crippen LogP contribution in [0.5, 0.6) is 5.75 Å². The molecule has 0 aromatic heterocycles. The number of fused-ring (bicyclic) bond motifs is 1. The van der Waals surface area contributed by atoms with Crippen molar-refractivity contribution >= 4 is 35.0 Å². The average Bonchev–Trinajstić information content (AvgIpc) is 3.48. The summed E-state index contributed by atoms with van der Waals surface area (Å²) in [5, 5.41) is 12.9. The van der Waals surface area contributed by atoms with Crippen molar-refractivity contribution in [2.24, 2.45) is 9.98 Å². The molecule has 3 atom stereocenters. The number of rotatable bonds is 5. The summed E-state index contributed by atoms with van der Waals surface area (Å²) in [5.74, 6) is -0.871. The van der Waals surface area contributed by atoms with Crippen LogP contribution in [0.1, 0.15) is 36.8 Å². The maximum absolute atomic E-state index is 11.1. The first-order valence-corrected chi connectivity index (χ1v) is 11.5. The molecule has 3 aliphatic heterocycles. The molecule has 1 fully saturated rings. The molecule has 5 rings (SSSR count). The van der Waals surface area contributed by atoms with Gasteiger partial charge in [0.2, 0.25) is 0 Å². The topological polar surface area (TPSA) is 86.5 Å². The van der Waals surface area contributed by atoms with Gasteiger partial charge in [-0.3, -0.25) is 9.79 Å². The summed E-state index contributed by atoms with van der Waals surface area (Å²) in [5.41, 5.74) is 3.63. The summed E-state index contributed by atoms with van der Waals surface area (Å²) in [6.07, 6.45) is 4.04. The number of benzene rings is 2. The highest BCUT2D eigenvalue weighted by molar-refractivity contribution is 6.46. The minimum absolute atomic E-state index is 0.175. The van der Waals surface area contributed by atoms with E-state index in [4.69, 9.17) is 26.4 Å². The highest BCUT2D eigenvalue weighted by atomic mass is 35.5. The molecule has 8 heteroatoms. The average molecular weight is 465 g/mol. The van der Waals surface area contributed by atoms with E-state index in [1.54, 1.807) is 31.2 Å². The number of carbonyl (C=O) groups is 1. The Hall–Kier alpha value is -3.32. The maximum atomic E-state index is 11.1. The van der Waals surface area contributed by atoms with E-state index in [9.17, 15) is 4.79 Å². The minimum Gasteiger partial charge on any atom is -0.481 e. The van der Waals surface area contributed by atoms with Gasteiger partial charge >= 0.3 is 5.97 Å². The van der Waals surface area contributed by atoms with Crippen molar-refractivity contribution in [3.8, 4) is 5.75 Å². The van der Waals surface area contributed by atoms with E-state index in [2.05, 4.69) is 39.5 Å². The Balaban J connectivity index is 1.29. The number of halogens is 1. The molecule has 0 aliphatic carbocycles. The van der Waals surface area contributed by atoms with Crippen molar-refractivity contribution in [1.82, 2.24) is 5.32 Å². The largest absolute Gasteiger partial charge is 0.481 e. The van der Waals surface area contributed by atoms with Crippen molar-refractivity contribution < 1.29 is 14.6 Å². The van der Waals surface area contributed by atoms with Crippen LogP contribution in [0.25, 0.3) is 0 Å². The molecule has 170 valence electrons. The lowest BCUT2D eigenvalue weighted by Crippen LogP contribution is -2.37. The molecule has 0 radical (unpaired) electrons. The van der Waals surface area contributed by atoms with Gasteiger partial charge in [-0.1, -0.05) is 35.9 Å². The fraction of sp³-hybridized carbons (Fsp3) is 0.320. The number of hydrogen-bond donors (Lipinski definition) is 2. The van der Waals surface area contributed by atoms with Gasteiger partial charge in [-0.25, -0.2) is 4.99 Å². The first-order valence-electron chi connectivity index (χ1n) is 11.1. The summed E-state index contributed by atoms with van der Waals surface area (Å²) in [4.78, 5) is 22.9. The Labute approximate surface area is 197 Å². The lowest BCUT2D eigenvalue weighted by atomic mass is 10.0. The first-order chi connectivity index (χ1) is 16.0. The van der Waals surface area contributed by atoms with Gasteiger partial charge in [0, 0.05) is 24.3 Å². The van der Waals surface area contributed by atoms with E-state index in [0.717, 1.165) is 24.4 Å². The number of carboxylic acid groups (broad SMARTS) is 1. The number of hydrogen-bond acceptors (Lipinski definition) is 6. The monoisotopic (exact) mass is 464 g/mol. The molecule has 0 spiro atoms. The van der Waals surface area contributed by atoms with Gasteiger partial charge in [0.25, 0.3) is 6.02 Å². The Morgan fingerprint density at radius 2 is 1.82 bits per heavy atom. The number of ether oxygens (including phenoxy) is 1. The molecule has 7 nitrogen and oxygen atoms in total. The van der Waals surface area contributed by atoms with E-state index in [1.807, 2.05) is 6.08 Å². The number of nitrogens with one attached hydrogen (secondary N) is 1. The predicted molar refractivity (Wildman–Crippen MR) is 130 cm³/mol. The summed E-state index contributed by atoms with van der Waals surface area (Å²) in [6, 6.07) is 15.5. The zero-order valence-electron chi connectivity index (χ0n) is 18.2. The zero-order valence-corrected chi connectivity index (χ0v) is 19.0. The number of dihydropyridines is 1. The Morgan fingerprint density at radius 1 is 1.12 bits per heavy atom. The van der Waals surface area contributed by atoms with E-state index >= 15 is 0 Å². The van der Waals surface area contributed by atoms with E-state index < -0.39 is 11.9 Å². The van der Waals surface area contributed by atoms with Gasteiger partial charge in [0.05, 0.1) is 22.7 Å². The van der Waals surface area contributed by atoms with Crippen LogP contribution in [0, 0.1) is 0 Å². The Bertz CT molecular complexity index is 1140. The second kappa shape index (κ2) is 8.90. The third-order valence-electron chi connectivity index (χ3n) is 6.25. The van der Waals surface area contributed by atoms with Gasteiger partial charge < -0.3 is 20.1 Å². The fourth-order valence-corrected chi connectivity index (χ4v) is 4.57. The molecule has 2 aromatic rings. The SMILES string of the molecule is CC(C(=O)O)c1ccc(OC2=NC3N=C(c4ccc(N5CCCC5)cc4)C(Cl)=CC3N2)cc1.